The van der Waals surface area contributed by atoms with Crippen LogP contribution in [0.1, 0.15) is 0 Å². The Morgan fingerprint density at radius 1 is 1.30 bits per heavy atom. The van der Waals surface area contributed by atoms with Gasteiger partial charge in [0.25, 0.3) is 0 Å². The number of anilines is 1. The molecule has 3 heterocycles. The number of hydrogen-bond acceptors (Lipinski definition) is 7. The third-order valence-corrected chi connectivity index (χ3v) is 4.41. The lowest BCUT2D eigenvalue weighted by molar-refractivity contribution is 0.291. The van der Waals surface area contributed by atoms with Gasteiger partial charge in [0.1, 0.15) is 6.33 Å². The maximum Gasteiger partial charge on any atom is 0.245 e. The Balaban J connectivity index is 1.82. The second kappa shape index (κ2) is 5.84. The molecule has 7 nitrogen and oxygen atoms in total. The molecule has 108 valence electrons. The summed E-state index contributed by atoms with van der Waals surface area (Å²) in [4.78, 5) is 15.1. The molecular weight excluding hydrogens is 276 g/mol. The Labute approximate surface area is 121 Å². The van der Waals surface area contributed by atoms with Crippen LogP contribution in [-0.4, -0.2) is 62.7 Å². The molecule has 1 aliphatic rings. The lowest BCUT2D eigenvalue weighted by atomic mass is 10.4. The van der Waals surface area contributed by atoms with Crippen molar-refractivity contribution in [2.45, 2.75) is 6.54 Å². The summed E-state index contributed by atoms with van der Waals surface area (Å²) in [6, 6.07) is 0. The fraction of sp³-hybridized carbons (Fsp3) is 0.583. The molecule has 2 N–H and O–H groups in total. The first-order valence-electron chi connectivity index (χ1n) is 6.60. The predicted molar refractivity (Wildman–Crippen MR) is 80.1 cm³/mol. The number of rotatable bonds is 4. The average molecular weight is 294 g/mol. The van der Waals surface area contributed by atoms with Crippen LogP contribution in [0.2, 0.25) is 0 Å². The molecule has 0 unspecified atom stereocenters. The van der Waals surface area contributed by atoms with Crippen molar-refractivity contribution in [1.29, 1.82) is 0 Å². The van der Waals surface area contributed by atoms with Gasteiger partial charge in [-0.05, 0) is 0 Å². The highest BCUT2D eigenvalue weighted by molar-refractivity contribution is 7.99. The molecule has 0 saturated carbocycles. The van der Waals surface area contributed by atoms with Crippen LogP contribution in [-0.2, 0) is 6.54 Å². The van der Waals surface area contributed by atoms with Gasteiger partial charge in [0, 0.05) is 37.7 Å². The van der Waals surface area contributed by atoms with Crippen molar-refractivity contribution < 1.29 is 4.74 Å². The van der Waals surface area contributed by atoms with Crippen molar-refractivity contribution in [2.75, 3.05) is 44.0 Å². The molecule has 0 bridgehead atoms. The van der Waals surface area contributed by atoms with E-state index in [1.807, 2.05) is 16.3 Å². The minimum atomic E-state index is 0.463. The van der Waals surface area contributed by atoms with Gasteiger partial charge < -0.3 is 10.5 Å². The summed E-state index contributed by atoms with van der Waals surface area (Å²) in [5.74, 6) is 3.34. The summed E-state index contributed by atoms with van der Waals surface area (Å²) in [5.41, 5.74) is 7.36. The first-order valence-corrected chi connectivity index (χ1v) is 7.76. The average Bonchev–Trinajstić information content (AvgIpc) is 2.81. The predicted octanol–water partition coefficient (Wildman–Crippen LogP) is 0.466. The molecule has 1 fully saturated rings. The van der Waals surface area contributed by atoms with E-state index < -0.39 is 0 Å². The number of imidazole rings is 1. The number of thioether (sulfide) groups is 1. The van der Waals surface area contributed by atoms with Crippen LogP contribution < -0.4 is 10.5 Å². The lowest BCUT2D eigenvalue weighted by Gasteiger charge is -2.26. The minimum Gasteiger partial charge on any atom is -0.479 e. The molecule has 0 radical (unpaired) electrons. The van der Waals surface area contributed by atoms with Gasteiger partial charge in [-0.15, -0.1) is 0 Å². The Morgan fingerprint density at radius 2 is 2.10 bits per heavy atom. The fourth-order valence-electron chi connectivity index (χ4n) is 2.37. The van der Waals surface area contributed by atoms with Gasteiger partial charge in [0.2, 0.25) is 11.8 Å². The first kappa shape index (κ1) is 13.4. The third-order valence-electron chi connectivity index (χ3n) is 3.46. The largest absolute Gasteiger partial charge is 0.479 e. The van der Waals surface area contributed by atoms with E-state index in [0.29, 0.717) is 17.3 Å². The van der Waals surface area contributed by atoms with Crippen LogP contribution in [0.3, 0.4) is 0 Å². The summed E-state index contributed by atoms with van der Waals surface area (Å²) in [6.07, 6.45) is 1.48. The van der Waals surface area contributed by atoms with Gasteiger partial charge in [0.05, 0.1) is 7.11 Å². The van der Waals surface area contributed by atoms with Crippen LogP contribution in [0.25, 0.3) is 11.2 Å². The van der Waals surface area contributed by atoms with Crippen molar-refractivity contribution in [1.82, 2.24) is 24.4 Å². The quantitative estimate of drug-likeness (QED) is 0.877. The summed E-state index contributed by atoms with van der Waals surface area (Å²) in [7, 11) is 1.57. The normalized spacial score (nSPS) is 16.6. The summed E-state index contributed by atoms with van der Waals surface area (Å²) >= 11 is 2.01. The van der Waals surface area contributed by atoms with E-state index in [0.717, 1.165) is 31.8 Å². The molecule has 2 aromatic rings. The second-order valence-electron chi connectivity index (χ2n) is 4.63. The highest BCUT2D eigenvalue weighted by Crippen LogP contribution is 2.22. The number of hydrogen-bond donors (Lipinski definition) is 1. The SMILES string of the molecule is COc1ncnc2c1nc(N)n2CCN1CCSCC1. The van der Waals surface area contributed by atoms with Crippen LogP contribution in [0.5, 0.6) is 5.88 Å². The standard InChI is InChI=1S/C12H18N6OS/c1-19-11-9-10(14-8-15-11)18(12(13)16-9)3-2-17-4-6-20-7-5-17/h8H,2-7H2,1H3,(H2,13,16). The monoisotopic (exact) mass is 294 g/mol. The van der Waals surface area contributed by atoms with Crippen molar-refractivity contribution in [3.63, 3.8) is 0 Å². The number of aromatic nitrogens is 4. The number of nitrogens with zero attached hydrogens (tertiary/aromatic N) is 5. The maximum absolute atomic E-state index is 6.00. The van der Waals surface area contributed by atoms with Crippen molar-refractivity contribution in [3.8, 4) is 5.88 Å². The molecule has 8 heteroatoms. The van der Waals surface area contributed by atoms with Crippen molar-refractivity contribution in [3.05, 3.63) is 6.33 Å². The topological polar surface area (TPSA) is 82.1 Å². The Morgan fingerprint density at radius 3 is 2.85 bits per heavy atom. The zero-order chi connectivity index (χ0) is 13.9. The summed E-state index contributed by atoms with van der Waals surface area (Å²) in [6.45, 7) is 4.01. The van der Waals surface area contributed by atoms with E-state index in [1.165, 1.54) is 17.8 Å². The number of methoxy groups -OCH3 is 1. The van der Waals surface area contributed by atoms with E-state index in [2.05, 4.69) is 19.9 Å². The number of fused-ring (bicyclic) bond motifs is 1. The van der Waals surface area contributed by atoms with Gasteiger partial charge in [-0.3, -0.25) is 9.47 Å². The minimum absolute atomic E-state index is 0.463. The third kappa shape index (κ3) is 2.53. The Kier molecular flexibility index (Phi) is 3.93. The van der Waals surface area contributed by atoms with Crippen LogP contribution in [0.15, 0.2) is 6.33 Å². The summed E-state index contributed by atoms with van der Waals surface area (Å²) < 4.78 is 7.13. The maximum atomic E-state index is 6.00. The molecular formula is C12H18N6OS. The van der Waals surface area contributed by atoms with Gasteiger partial charge in [-0.1, -0.05) is 0 Å². The van der Waals surface area contributed by atoms with E-state index in [-0.39, 0.29) is 0 Å². The summed E-state index contributed by atoms with van der Waals surface area (Å²) in [5, 5.41) is 0. The van der Waals surface area contributed by atoms with E-state index in [9.17, 15) is 0 Å². The molecule has 2 aromatic heterocycles. The lowest BCUT2D eigenvalue weighted by Crippen LogP contribution is -2.35. The molecule has 0 spiro atoms. The van der Waals surface area contributed by atoms with Crippen LogP contribution in [0.4, 0.5) is 5.95 Å². The van der Waals surface area contributed by atoms with Gasteiger partial charge >= 0.3 is 0 Å². The van der Waals surface area contributed by atoms with E-state index in [4.69, 9.17) is 10.5 Å². The number of nitrogens with two attached hydrogens (primary N) is 1. The molecule has 1 saturated heterocycles. The number of nitrogen functional groups attached to an aromatic ring is 1. The molecule has 0 atom stereocenters. The molecule has 20 heavy (non-hydrogen) atoms. The highest BCUT2D eigenvalue weighted by atomic mass is 32.2. The van der Waals surface area contributed by atoms with Crippen LogP contribution >= 0.6 is 11.8 Å². The number of ether oxygens (including phenoxy) is 1. The molecule has 0 amide bonds. The smallest absolute Gasteiger partial charge is 0.245 e. The van der Waals surface area contributed by atoms with Gasteiger partial charge in [-0.2, -0.15) is 16.7 Å². The zero-order valence-corrected chi connectivity index (χ0v) is 12.3. The van der Waals surface area contributed by atoms with E-state index >= 15 is 0 Å². The Bertz CT molecular complexity index is 595. The molecule has 3 rings (SSSR count). The van der Waals surface area contributed by atoms with Crippen molar-refractivity contribution in [2.24, 2.45) is 0 Å². The molecule has 0 aromatic carbocycles. The Hall–Kier alpha value is -1.54. The van der Waals surface area contributed by atoms with Gasteiger partial charge in [-0.25, -0.2) is 9.97 Å². The molecule has 1 aliphatic heterocycles. The van der Waals surface area contributed by atoms with Gasteiger partial charge in [0.15, 0.2) is 11.2 Å². The fourth-order valence-corrected chi connectivity index (χ4v) is 3.35. The molecule has 0 aliphatic carbocycles. The van der Waals surface area contributed by atoms with E-state index in [1.54, 1.807) is 7.11 Å². The van der Waals surface area contributed by atoms with Crippen LogP contribution in [0, 0.1) is 0 Å². The highest BCUT2D eigenvalue weighted by Gasteiger charge is 2.16. The van der Waals surface area contributed by atoms with Crippen molar-refractivity contribution >= 4 is 28.9 Å². The second-order valence-corrected chi connectivity index (χ2v) is 5.86. The first-order chi connectivity index (χ1) is 9.79. The zero-order valence-electron chi connectivity index (χ0n) is 11.4.